The van der Waals surface area contributed by atoms with Gasteiger partial charge in [-0.1, -0.05) is 0 Å². The zero-order chi connectivity index (χ0) is 15.7. The molecular formula is C15H21N3O3S. The van der Waals surface area contributed by atoms with E-state index in [9.17, 15) is 8.42 Å². The summed E-state index contributed by atoms with van der Waals surface area (Å²) < 4.78 is 29.6. The molecule has 1 N–H and O–H groups in total. The van der Waals surface area contributed by atoms with Crippen molar-refractivity contribution < 1.29 is 12.8 Å². The van der Waals surface area contributed by atoms with Gasteiger partial charge in [-0.2, -0.15) is 5.10 Å². The summed E-state index contributed by atoms with van der Waals surface area (Å²) in [5.41, 5.74) is 1.90. The second kappa shape index (κ2) is 5.89. The Morgan fingerprint density at radius 2 is 2.23 bits per heavy atom. The van der Waals surface area contributed by atoms with Crippen LogP contribution in [0.1, 0.15) is 24.7 Å². The van der Waals surface area contributed by atoms with Crippen LogP contribution in [0, 0.1) is 6.92 Å². The van der Waals surface area contributed by atoms with E-state index in [4.69, 9.17) is 4.42 Å². The molecule has 0 bridgehead atoms. The number of hydrogen-bond donors (Lipinski definition) is 1. The Hall–Kier alpha value is -1.60. The lowest BCUT2D eigenvalue weighted by molar-refractivity contribution is 0.284. The largest absolute Gasteiger partial charge is 0.460 e. The Bertz CT molecular complexity index is 748. The Morgan fingerprint density at radius 1 is 1.41 bits per heavy atom. The van der Waals surface area contributed by atoms with Gasteiger partial charge in [0.1, 0.15) is 11.5 Å². The average Bonchev–Trinajstić information content (AvgIpc) is 3.07. The van der Waals surface area contributed by atoms with Gasteiger partial charge in [0.05, 0.1) is 17.2 Å². The Balaban J connectivity index is 1.76. The third-order valence-electron chi connectivity index (χ3n) is 4.26. The molecule has 2 aromatic rings. The zero-order valence-electron chi connectivity index (χ0n) is 12.9. The van der Waals surface area contributed by atoms with Gasteiger partial charge in [0.15, 0.2) is 15.6 Å². The number of aromatic nitrogens is 2. The van der Waals surface area contributed by atoms with Crippen LogP contribution in [-0.2, 0) is 16.4 Å². The highest BCUT2D eigenvalue weighted by molar-refractivity contribution is 7.92. The first-order chi connectivity index (χ1) is 10.5. The predicted octanol–water partition coefficient (Wildman–Crippen LogP) is 1.99. The summed E-state index contributed by atoms with van der Waals surface area (Å²) in [6.07, 6.45) is 2.46. The number of aryl methyl sites for hydroxylation is 1. The summed E-state index contributed by atoms with van der Waals surface area (Å²) in [7, 11) is -2.95. The first kappa shape index (κ1) is 15.3. The molecule has 0 amide bonds. The second-order valence-electron chi connectivity index (χ2n) is 5.92. The van der Waals surface area contributed by atoms with Crippen molar-refractivity contribution in [2.24, 2.45) is 0 Å². The van der Waals surface area contributed by atoms with Crippen LogP contribution in [0.4, 0.5) is 0 Å². The molecule has 2 aromatic heterocycles. The first-order valence-electron chi connectivity index (χ1n) is 7.48. The number of aromatic amines is 1. The molecule has 1 atom stereocenters. The third-order valence-corrected chi connectivity index (χ3v) is 6.47. The van der Waals surface area contributed by atoms with E-state index in [1.807, 2.05) is 19.1 Å². The molecule has 3 rings (SSSR count). The van der Waals surface area contributed by atoms with Crippen LogP contribution in [0.5, 0.6) is 0 Å². The number of hydrogen-bond acceptors (Lipinski definition) is 5. The summed E-state index contributed by atoms with van der Waals surface area (Å²) in [6, 6.07) is 3.83. The lowest BCUT2D eigenvalue weighted by Gasteiger charge is -2.18. The zero-order valence-corrected chi connectivity index (χ0v) is 13.7. The molecule has 7 heteroatoms. The Labute approximate surface area is 130 Å². The maximum Gasteiger partial charge on any atom is 0.154 e. The van der Waals surface area contributed by atoms with Crippen molar-refractivity contribution in [3.8, 4) is 11.5 Å². The molecule has 0 aliphatic carbocycles. The minimum Gasteiger partial charge on any atom is -0.460 e. The number of nitrogens with zero attached hydrogens (tertiary/aromatic N) is 2. The molecule has 0 saturated carbocycles. The summed E-state index contributed by atoms with van der Waals surface area (Å²) in [5.74, 6) is 1.84. The van der Waals surface area contributed by atoms with Crippen molar-refractivity contribution >= 4 is 9.84 Å². The fourth-order valence-electron chi connectivity index (χ4n) is 2.73. The van der Waals surface area contributed by atoms with Crippen molar-refractivity contribution in [3.05, 3.63) is 29.7 Å². The van der Waals surface area contributed by atoms with Crippen molar-refractivity contribution in [1.82, 2.24) is 15.1 Å². The molecule has 1 aliphatic heterocycles. The SMILES string of the molecule is Cc1ccc(-c2[nH]ncc2CN2CCC(C)S(=O)(=O)CC2)o1. The van der Waals surface area contributed by atoms with Gasteiger partial charge < -0.3 is 4.42 Å². The standard InChI is InChI=1S/C15H21N3O3S/c1-11-3-4-14(21-11)15-13(9-16-17-15)10-18-6-5-12(2)22(19,20)8-7-18/h3-4,9,12H,5-8,10H2,1-2H3,(H,16,17). The fraction of sp³-hybridized carbons (Fsp3) is 0.533. The van der Waals surface area contributed by atoms with Gasteiger partial charge in [-0.05, 0) is 38.9 Å². The first-order valence-corrected chi connectivity index (χ1v) is 9.20. The lowest BCUT2D eigenvalue weighted by Crippen LogP contribution is -2.26. The highest BCUT2D eigenvalue weighted by Gasteiger charge is 2.26. The van der Waals surface area contributed by atoms with Crippen LogP contribution in [-0.4, -0.2) is 47.6 Å². The molecule has 1 fully saturated rings. The van der Waals surface area contributed by atoms with E-state index in [1.165, 1.54) is 0 Å². The van der Waals surface area contributed by atoms with E-state index in [2.05, 4.69) is 15.1 Å². The molecule has 3 heterocycles. The summed E-state index contributed by atoms with van der Waals surface area (Å²) in [4.78, 5) is 2.17. The van der Waals surface area contributed by atoms with E-state index in [0.717, 1.165) is 29.3 Å². The normalized spacial score (nSPS) is 22.5. The fourth-order valence-corrected chi connectivity index (χ4v) is 4.11. The van der Waals surface area contributed by atoms with Crippen LogP contribution >= 0.6 is 0 Å². The minimum absolute atomic E-state index is 0.223. The summed E-state index contributed by atoms with van der Waals surface area (Å²) in [6.45, 7) is 5.72. The van der Waals surface area contributed by atoms with Gasteiger partial charge in [0.25, 0.3) is 0 Å². The number of H-pyrrole nitrogens is 1. The van der Waals surface area contributed by atoms with Crippen molar-refractivity contribution in [3.63, 3.8) is 0 Å². The topological polar surface area (TPSA) is 79.2 Å². The van der Waals surface area contributed by atoms with Crippen LogP contribution in [0.3, 0.4) is 0 Å². The van der Waals surface area contributed by atoms with E-state index in [1.54, 1.807) is 13.1 Å². The molecule has 0 aromatic carbocycles. The molecular weight excluding hydrogens is 302 g/mol. The van der Waals surface area contributed by atoms with E-state index in [0.29, 0.717) is 19.5 Å². The third kappa shape index (κ3) is 3.10. The molecule has 6 nitrogen and oxygen atoms in total. The van der Waals surface area contributed by atoms with Gasteiger partial charge in [0, 0.05) is 18.7 Å². The smallest absolute Gasteiger partial charge is 0.154 e. The van der Waals surface area contributed by atoms with Crippen molar-refractivity contribution in [1.29, 1.82) is 0 Å². The lowest BCUT2D eigenvalue weighted by atomic mass is 10.2. The highest BCUT2D eigenvalue weighted by Crippen LogP contribution is 2.25. The maximum atomic E-state index is 12.0. The van der Waals surface area contributed by atoms with Gasteiger partial charge in [0.2, 0.25) is 0 Å². The Morgan fingerprint density at radius 3 is 2.95 bits per heavy atom. The number of nitrogens with one attached hydrogen (secondary N) is 1. The number of rotatable bonds is 3. The van der Waals surface area contributed by atoms with E-state index >= 15 is 0 Å². The number of furan rings is 1. The van der Waals surface area contributed by atoms with Crippen LogP contribution in [0.25, 0.3) is 11.5 Å². The molecule has 1 unspecified atom stereocenters. The number of sulfone groups is 1. The van der Waals surface area contributed by atoms with Crippen molar-refractivity contribution in [2.75, 3.05) is 18.8 Å². The van der Waals surface area contributed by atoms with Gasteiger partial charge in [-0.3, -0.25) is 10.00 Å². The summed E-state index contributed by atoms with van der Waals surface area (Å²) in [5, 5.41) is 6.83. The van der Waals surface area contributed by atoms with Crippen LogP contribution in [0.2, 0.25) is 0 Å². The summed E-state index contributed by atoms with van der Waals surface area (Å²) >= 11 is 0. The average molecular weight is 323 g/mol. The maximum absolute atomic E-state index is 12.0. The van der Waals surface area contributed by atoms with Crippen molar-refractivity contribution in [2.45, 2.75) is 32.1 Å². The highest BCUT2D eigenvalue weighted by atomic mass is 32.2. The molecule has 22 heavy (non-hydrogen) atoms. The Kier molecular flexibility index (Phi) is 4.10. The molecule has 1 aliphatic rings. The van der Waals surface area contributed by atoms with Gasteiger partial charge in [-0.15, -0.1) is 0 Å². The molecule has 0 radical (unpaired) electrons. The molecule has 120 valence electrons. The van der Waals surface area contributed by atoms with Crippen LogP contribution < -0.4 is 0 Å². The molecule has 1 saturated heterocycles. The molecule has 0 spiro atoms. The predicted molar refractivity (Wildman–Crippen MR) is 84.2 cm³/mol. The monoisotopic (exact) mass is 323 g/mol. The minimum atomic E-state index is -2.95. The van der Waals surface area contributed by atoms with E-state index in [-0.39, 0.29) is 11.0 Å². The van der Waals surface area contributed by atoms with Crippen LogP contribution in [0.15, 0.2) is 22.7 Å². The van der Waals surface area contributed by atoms with Gasteiger partial charge in [-0.25, -0.2) is 8.42 Å². The quantitative estimate of drug-likeness (QED) is 0.934. The van der Waals surface area contributed by atoms with Gasteiger partial charge >= 0.3 is 0 Å². The van der Waals surface area contributed by atoms with E-state index < -0.39 is 9.84 Å². The second-order valence-corrected chi connectivity index (χ2v) is 8.46.